The lowest BCUT2D eigenvalue weighted by molar-refractivity contribution is 0.199. The van der Waals surface area contributed by atoms with Gasteiger partial charge in [-0.15, -0.1) is 0 Å². The fourth-order valence-electron chi connectivity index (χ4n) is 1.13. The molecular weight excluding hydrogens is 188 g/mol. The van der Waals surface area contributed by atoms with Gasteiger partial charge >= 0.3 is 0 Å². The van der Waals surface area contributed by atoms with E-state index in [9.17, 15) is 5.11 Å². The highest BCUT2D eigenvalue weighted by molar-refractivity contribution is 5.28. The van der Waals surface area contributed by atoms with E-state index in [0.29, 0.717) is 6.61 Å². The fourth-order valence-corrected chi connectivity index (χ4v) is 1.13. The van der Waals surface area contributed by atoms with E-state index in [2.05, 4.69) is 13.5 Å². The van der Waals surface area contributed by atoms with Gasteiger partial charge in [-0.2, -0.15) is 0 Å². The van der Waals surface area contributed by atoms with Crippen LogP contribution in [-0.4, -0.2) is 11.7 Å². The molecule has 0 aliphatic carbocycles. The van der Waals surface area contributed by atoms with E-state index >= 15 is 0 Å². The number of aliphatic hydroxyl groups is 1. The summed E-state index contributed by atoms with van der Waals surface area (Å²) in [6, 6.07) is 7.47. The number of benzene rings is 1. The number of rotatable bonds is 5. The number of hydrogen-bond donors (Lipinski definition) is 1. The molecule has 0 saturated carbocycles. The van der Waals surface area contributed by atoms with E-state index in [1.165, 1.54) is 0 Å². The van der Waals surface area contributed by atoms with Crippen LogP contribution in [0.2, 0.25) is 0 Å². The standard InChI is InChI=1S/C13H18O2/c1-4-10(2)9-15-13-7-5-12(6-8-13)11(3)14/h5-8,11,14H,2,4,9H2,1,3H3/t11-/m0/s1. The Hall–Kier alpha value is -1.28. The van der Waals surface area contributed by atoms with Crippen LogP contribution in [0.4, 0.5) is 0 Å². The maximum Gasteiger partial charge on any atom is 0.119 e. The Morgan fingerprint density at radius 2 is 2.00 bits per heavy atom. The first-order valence-electron chi connectivity index (χ1n) is 5.21. The van der Waals surface area contributed by atoms with Crippen molar-refractivity contribution in [3.8, 4) is 5.75 Å². The summed E-state index contributed by atoms with van der Waals surface area (Å²) >= 11 is 0. The molecule has 82 valence electrons. The van der Waals surface area contributed by atoms with Gasteiger partial charge in [-0.05, 0) is 36.6 Å². The van der Waals surface area contributed by atoms with Gasteiger partial charge in [0, 0.05) is 0 Å². The summed E-state index contributed by atoms with van der Waals surface area (Å²) in [5.74, 6) is 0.814. The summed E-state index contributed by atoms with van der Waals surface area (Å²) in [5, 5.41) is 9.32. The molecule has 1 aromatic rings. The predicted octanol–water partition coefficient (Wildman–Crippen LogP) is 3.08. The molecule has 1 rings (SSSR count). The van der Waals surface area contributed by atoms with E-state index in [4.69, 9.17) is 4.74 Å². The minimum Gasteiger partial charge on any atom is -0.489 e. The summed E-state index contributed by atoms with van der Waals surface area (Å²) in [4.78, 5) is 0. The van der Waals surface area contributed by atoms with Crippen molar-refractivity contribution in [3.05, 3.63) is 42.0 Å². The smallest absolute Gasteiger partial charge is 0.119 e. The zero-order chi connectivity index (χ0) is 11.3. The Morgan fingerprint density at radius 3 is 2.47 bits per heavy atom. The molecule has 0 aliphatic heterocycles. The van der Waals surface area contributed by atoms with E-state index in [1.54, 1.807) is 6.92 Å². The molecule has 0 aliphatic rings. The molecule has 1 N–H and O–H groups in total. The Balaban J connectivity index is 2.53. The average molecular weight is 206 g/mol. The number of hydrogen-bond acceptors (Lipinski definition) is 2. The van der Waals surface area contributed by atoms with Gasteiger partial charge < -0.3 is 9.84 Å². The summed E-state index contributed by atoms with van der Waals surface area (Å²) in [6.45, 7) is 8.23. The van der Waals surface area contributed by atoms with E-state index in [1.807, 2.05) is 24.3 Å². The maximum absolute atomic E-state index is 9.32. The molecule has 0 bridgehead atoms. The number of ether oxygens (including phenoxy) is 1. The molecule has 1 aromatic carbocycles. The summed E-state index contributed by atoms with van der Waals surface area (Å²) in [6.07, 6.45) is 0.510. The van der Waals surface area contributed by atoms with E-state index in [-0.39, 0.29) is 0 Å². The van der Waals surface area contributed by atoms with Crippen molar-refractivity contribution in [2.75, 3.05) is 6.61 Å². The molecule has 1 atom stereocenters. The van der Waals surface area contributed by atoms with E-state index in [0.717, 1.165) is 23.3 Å². The van der Waals surface area contributed by atoms with Gasteiger partial charge in [-0.25, -0.2) is 0 Å². The molecule has 0 radical (unpaired) electrons. The number of aliphatic hydroxyl groups excluding tert-OH is 1. The SMILES string of the molecule is C=C(CC)COc1ccc([C@H](C)O)cc1. The average Bonchev–Trinajstić information content (AvgIpc) is 2.26. The quantitative estimate of drug-likeness (QED) is 0.750. The Bertz CT molecular complexity index is 312. The lowest BCUT2D eigenvalue weighted by Crippen LogP contribution is -1.99. The molecule has 0 fully saturated rings. The monoisotopic (exact) mass is 206 g/mol. The Labute approximate surface area is 91.2 Å². The second kappa shape index (κ2) is 5.56. The Kier molecular flexibility index (Phi) is 4.37. The second-order valence-corrected chi connectivity index (χ2v) is 3.64. The molecule has 15 heavy (non-hydrogen) atoms. The zero-order valence-corrected chi connectivity index (χ0v) is 9.36. The van der Waals surface area contributed by atoms with Crippen molar-refractivity contribution in [1.82, 2.24) is 0 Å². The van der Waals surface area contributed by atoms with Gasteiger partial charge in [0.2, 0.25) is 0 Å². The maximum atomic E-state index is 9.32. The minimum atomic E-state index is -0.426. The lowest BCUT2D eigenvalue weighted by atomic mass is 10.1. The van der Waals surface area contributed by atoms with Crippen LogP contribution in [-0.2, 0) is 0 Å². The molecular formula is C13H18O2. The second-order valence-electron chi connectivity index (χ2n) is 3.64. The van der Waals surface area contributed by atoms with Gasteiger partial charge in [0.25, 0.3) is 0 Å². The highest BCUT2D eigenvalue weighted by atomic mass is 16.5. The summed E-state index contributed by atoms with van der Waals surface area (Å²) < 4.78 is 5.51. The van der Waals surface area contributed by atoms with Crippen LogP contribution in [0, 0.1) is 0 Å². The van der Waals surface area contributed by atoms with Crippen LogP contribution in [0.25, 0.3) is 0 Å². The molecule has 0 unspecified atom stereocenters. The van der Waals surface area contributed by atoms with Crippen molar-refractivity contribution in [3.63, 3.8) is 0 Å². The van der Waals surface area contributed by atoms with Crippen molar-refractivity contribution in [2.24, 2.45) is 0 Å². The van der Waals surface area contributed by atoms with Crippen LogP contribution in [0.1, 0.15) is 31.9 Å². The lowest BCUT2D eigenvalue weighted by Gasteiger charge is -2.09. The van der Waals surface area contributed by atoms with Gasteiger partial charge in [0.05, 0.1) is 6.10 Å². The highest BCUT2D eigenvalue weighted by Crippen LogP contribution is 2.17. The van der Waals surface area contributed by atoms with Crippen LogP contribution >= 0.6 is 0 Å². The van der Waals surface area contributed by atoms with Crippen molar-refractivity contribution >= 4 is 0 Å². The van der Waals surface area contributed by atoms with Crippen LogP contribution in [0.3, 0.4) is 0 Å². The molecule has 0 amide bonds. The fraction of sp³-hybridized carbons (Fsp3) is 0.385. The molecule has 0 aromatic heterocycles. The first kappa shape index (κ1) is 11.8. The van der Waals surface area contributed by atoms with Crippen molar-refractivity contribution in [2.45, 2.75) is 26.4 Å². The third-order valence-electron chi connectivity index (χ3n) is 2.31. The molecule has 2 nitrogen and oxygen atoms in total. The molecule has 2 heteroatoms. The van der Waals surface area contributed by atoms with Crippen LogP contribution in [0.15, 0.2) is 36.4 Å². The zero-order valence-electron chi connectivity index (χ0n) is 9.36. The summed E-state index contributed by atoms with van der Waals surface area (Å²) in [7, 11) is 0. The largest absolute Gasteiger partial charge is 0.489 e. The third kappa shape index (κ3) is 3.76. The Morgan fingerprint density at radius 1 is 1.40 bits per heavy atom. The van der Waals surface area contributed by atoms with Crippen LogP contribution in [0.5, 0.6) is 5.75 Å². The molecule has 0 saturated heterocycles. The highest BCUT2D eigenvalue weighted by Gasteiger charge is 2.00. The third-order valence-corrected chi connectivity index (χ3v) is 2.31. The van der Waals surface area contributed by atoms with Gasteiger partial charge in [0.1, 0.15) is 12.4 Å². The predicted molar refractivity (Wildman–Crippen MR) is 62.0 cm³/mol. The van der Waals surface area contributed by atoms with Gasteiger partial charge in [-0.3, -0.25) is 0 Å². The topological polar surface area (TPSA) is 29.5 Å². The summed E-state index contributed by atoms with van der Waals surface area (Å²) in [5.41, 5.74) is 1.98. The first-order valence-corrected chi connectivity index (χ1v) is 5.21. The van der Waals surface area contributed by atoms with Crippen molar-refractivity contribution < 1.29 is 9.84 Å². The first-order chi connectivity index (χ1) is 7.13. The van der Waals surface area contributed by atoms with Crippen LogP contribution < -0.4 is 4.74 Å². The normalized spacial score (nSPS) is 12.2. The van der Waals surface area contributed by atoms with Crippen molar-refractivity contribution in [1.29, 1.82) is 0 Å². The van der Waals surface area contributed by atoms with Gasteiger partial charge in [-0.1, -0.05) is 25.6 Å². The van der Waals surface area contributed by atoms with E-state index < -0.39 is 6.10 Å². The van der Waals surface area contributed by atoms with Gasteiger partial charge in [0.15, 0.2) is 0 Å². The molecule has 0 spiro atoms. The minimum absolute atomic E-state index is 0.426. The molecule has 0 heterocycles.